The lowest BCUT2D eigenvalue weighted by Crippen LogP contribution is -2.01. The molecule has 0 saturated heterocycles. The molecule has 0 saturated carbocycles. The van der Waals surface area contributed by atoms with Crippen LogP contribution in [0.1, 0.15) is 27.6 Å². The number of benzene rings is 2. The maximum Gasteiger partial charge on any atom is 0.161 e. The highest BCUT2D eigenvalue weighted by Gasteiger charge is 2.19. The first kappa shape index (κ1) is 16.2. The van der Waals surface area contributed by atoms with Gasteiger partial charge in [0.05, 0.1) is 19.6 Å². The van der Waals surface area contributed by atoms with Gasteiger partial charge in [-0.3, -0.25) is 0 Å². The van der Waals surface area contributed by atoms with Crippen LogP contribution in [0, 0.1) is 13.8 Å². The minimum Gasteiger partial charge on any atom is -0.493 e. The summed E-state index contributed by atoms with van der Waals surface area (Å²) >= 11 is 10.3. The Hall–Kier alpha value is -1.19. The monoisotopic (exact) mass is 368 g/mol. The molecule has 2 aromatic carbocycles. The molecule has 0 fully saturated rings. The van der Waals surface area contributed by atoms with Crippen LogP contribution in [0.25, 0.3) is 0 Å². The summed E-state index contributed by atoms with van der Waals surface area (Å²) in [7, 11) is 3.26. The van der Waals surface area contributed by atoms with Crippen LogP contribution in [0.15, 0.2) is 34.8 Å². The van der Waals surface area contributed by atoms with Gasteiger partial charge in [-0.1, -0.05) is 34.1 Å². The van der Waals surface area contributed by atoms with Gasteiger partial charge in [-0.2, -0.15) is 0 Å². The Labute approximate surface area is 139 Å². The molecule has 2 rings (SSSR count). The highest BCUT2D eigenvalue weighted by molar-refractivity contribution is 9.10. The van der Waals surface area contributed by atoms with Crippen molar-refractivity contribution in [2.45, 2.75) is 19.2 Å². The molecule has 1 unspecified atom stereocenters. The molecule has 21 heavy (non-hydrogen) atoms. The molecule has 1 atom stereocenters. The molecule has 4 heteroatoms. The third kappa shape index (κ3) is 3.19. The molecule has 0 amide bonds. The Kier molecular flexibility index (Phi) is 5.17. The lowest BCUT2D eigenvalue weighted by atomic mass is 9.98. The van der Waals surface area contributed by atoms with Crippen LogP contribution in [-0.4, -0.2) is 14.2 Å². The predicted octanol–water partition coefficient (Wildman–Crippen LogP) is 5.41. The van der Waals surface area contributed by atoms with Gasteiger partial charge in [0.15, 0.2) is 11.5 Å². The average Bonchev–Trinajstić information content (AvgIpc) is 2.49. The molecular weight excluding hydrogens is 352 g/mol. The van der Waals surface area contributed by atoms with Crippen molar-refractivity contribution in [3.8, 4) is 11.5 Å². The number of hydrogen-bond acceptors (Lipinski definition) is 2. The van der Waals surface area contributed by atoms with Gasteiger partial charge in [0.2, 0.25) is 0 Å². The molecule has 0 bridgehead atoms. The van der Waals surface area contributed by atoms with E-state index in [9.17, 15) is 0 Å². The Bertz CT molecular complexity index is 655. The van der Waals surface area contributed by atoms with E-state index < -0.39 is 0 Å². The minimum atomic E-state index is -0.251. The highest BCUT2D eigenvalue weighted by atomic mass is 79.9. The van der Waals surface area contributed by atoms with Crippen molar-refractivity contribution in [3.63, 3.8) is 0 Å². The summed E-state index contributed by atoms with van der Waals surface area (Å²) in [6.45, 7) is 4.08. The first-order valence-electron chi connectivity index (χ1n) is 6.61. The molecule has 112 valence electrons. The average molecular weight is 370 g/mol. The Morgan fingerprint density at radius 1 is 0.952 bits per heavy atom. The number of halogens is 2. The third-order valence-corrected chi connectivity index (χ3v) is 5.09. The van der Waals surface area contributed by atoms with Crippen LogP contribution < -0.4 is 9.47 Å². The SMILES string of the molecule is COc1cc(C)c(C(Cl)c2cccc(C)c2Br)cc1OC. The fourth-order valence-corrected chi connectivity index (χ4v) is 3.34. The van der Waals surface area contributed by atoms with Crippen LogP contribution in [0.3, 0.4) is 0 Å². The summed E-state index contributed by atoms with van der Waals surface area (Å²) in [5.74, 6) is 1.40. The number of rotatable bonds is 4. The number of methoxy groups -OCH3 is 2. The second-order valence-electron chi connectivity index (χ2n) is 4.90. The minimum absolute atomic E-state index is 0.251. The summed E-state index contributed by atoms with van der Waals surface area (Å²) in [5.41, 5.74) is 4.30. The Morgan fingerprint density at radius 2 is 1.57 bits per heavy atom. The predicted molar refractivity (Wildman–Crippen MR) is 90.9 cm³/mol. The van der Waals surface area contributed by atoms with Gasteiger partial charge in [0.1, 0.15) is 0 Å². The molecule has 0 radical (unpaired) electrons. The van der Waals surface area contributed by atoms with E-state index in [1.165, 1.54) is 0 Å². The highest BCUT2D eigenvalue weighted by Crippen LogP contribution is 2.40. The zero-order chi connectivity index (χ0) is 15.6. The summed E-state index contributed by atoms with van der Waals surface area (Å²) in [4.78, 5) is 0. The molecule has 0 aliphatic carbocycles. The Morgan fingerprint density at radius 3 is 2.19 bits per heavy atom. The van der Waals surface area contributed by atoms with Crippen LogP contribution in [0.4, 0.5) is 0 Å². The maximum atomic E-state index is 6.71. The fraction of sp³-hybridized carbons (Fsp3) is 0.294. The van der Waals surface area contributed by atoms with Gasteiger partial charge in [-0.25, -0.2) is 0 Å². The number of aryl methyl sites for hydroxylation is 2. The van der Waals surface area contributed by atoms with Crippen molar-refractivity contribution in [3.05, 3.63) is 57.1 Å². The second-order valence-corrected chi connectivity index (χ2v) is 6.13. The summed E-state index contributed by atoms with van der Waals surface area (Å²) in [6.07, 6.45) is 0. The third-order valence-electron chi connectivity index (χ3n) is 3.54. The normalized spacial score (nSPS) is 12.1. The fourth-order valence-electron chi connectivity index (χ4n) is 2.30. The van der Waals surface area contributed by atoms with Crippen molar-refractivity contribution < 1.29 is 9.47 Å². The standard InChI is InChI=1S/C17H18BrClO2/c1-10-6-5-7-12(16(10)18)17(19)13-9-15(21-4)14(20-3)8-11(13)2/h5-9,17H,1-4H3. The zero-order valence-electron chi connectivity index (χ0n) is 12.5. The van der Waals surface area contributed by atoms with E-state index in [1.807, 2.05) is 31.2 Å². The van der Waals surface area contributed by atoms with Crippen molar-refractivity contribution >= 4 is 27.5 Å². The lowest BCUT2D eigenvalue weighted by molar-refractivity contribution is 0.354. The van der Waals surface area contributed by atoms with E-state index in [4.69, 9.17) is 21.1 Å². The van der Waals surface area contributed by atoms with E-state index >= 15 is 0 Å². The smallest absolute Gasteiger partial charge is 0.161 e. The second kappa shape index (κ2) is 6.71. The van der Waals surface area contributed by atoms with E-state index in [0.717, 1.165) is 26.7 Å². The summed E-state index contributed by atoms with van der Waals surface area (Å²) in [6, 6.07) is 10.00. The van der Waals surface area contributed by atoms with Crippen LogP contribution in [0.5, 0.6) is 11.5 Å². The van der Waals surface area contributed by atoms with E-state index in [0.29, 0.717) is 11.5 Å². The van der Waals surface area contributed by atoms with Gasteiger partial charge in [-0.05, 0) is 48.2 Å². The Balaban J connectivity index is 2.53. The molecule has 2 aromatic rings. The first-order valence-corrected chi connectivity index (χ1v) is 7.84. The van der Waals surface area contributed by atoms with E-state index in [1.54, 1.807) is 14.2 Å². The van der Waals surface area contributed by atoms with Gasteiger partial charge < -0.3 is 9.47 Å². The molecule has 0 aliphatic rings. The van der Waals surface area contributed by atoms with Crippen molar-refractivity contribution in [2.24, 2.45) is 0 Å². The molecule has 0 N–H and O–H groups in total. The van der Waals surface area contributed by atoms with Gasteiger partial charge in [-0.15, -0.1) is 11.6 Å². The molecule has 0 aliphatic heterocycles. The summed E-state index contributed by atoms with van der Waals surface area (Å²) < 4.78 is 11.7. The van der Waals surface area contributed by atoms with Crippen LogP contribution >= 0.6 is 27.5 Å². The lowest BCUT2D eigenvalue weighted by Gasteiger charge is -2.18. The molecular formula is C17H18BrClO2. The number of alkyl halides is 1. The van der Waals surface area contributed by atoms with E-state index in [2.05, 4.69) is 28.9 Å². The van der Waals surface area contributed by atoms with Crippen LogP contribution in [-0.2, 0) is 0 Å². The van der Waals surface area contributed by atoms with Gasteiger partial charge in [0.25, 0.3) is 0 Å². The molecule has 2 nitrogen and oxygen atoms in total. The number of hydrogen-bond donors (Lipinski definition) is 0. The van der Waals surface area contributed by atoms with Gasteiger partial charge >= 0.3 is 0 Å². The number of ether oxygens (including phenoxy) is 2. The maximum absolute atomic E-state index is 6.71. The van der Waals surface area contributed by atoms with Crippen molar-refractivity contribution in [1.29, 1.82) is 0 Å². The van der Waals surface area contributed by atoms with Crippen molar-refractivity contribution in [1.82, 2.24) is 0 Å². The van der Waals surface area contributed by atoms with Crippen molar-refractivity contribution in [2.75, 3.05) is 14.2 Å². The summed E-state index contributed by atoms with van der Waals surface area (Å²) in [5, 5.41) is -0.251. The van der Waals surface area contributed by atoms with Crippen LogP contribution in [0.2, 0.25) is 0 Å². The topological polar surface area (TPSA) is 18.5 Å². The van der Waals surface area contributed by atoms with E-state index in [-0.39, 0.29) is 5.38 Å². The zero-order valence-corrected chi connectivity index (χ0v) is 14.9. The molecule has 0 heterocycles. The first-order chi connectivity index (χ1) is 9.99. The molecule has 0 aromatic heterocycles. The molecule has 0 spiro atoms. The largest absolute Gasteiger partial charge is 0.493 e. The van der Waals surface area contributed by atoms with Gasteiger partial charge in [0, 0.05) is 4.47 Å². The quantitative estimate of drug-likeness (QED) is 0.671.